The third-order valence-electron chi connectivity index (χ3n) is 5.03. The number of rotatable bonds is 6. The molecular formula is C20H28N4O3S. The number of nitrogens with one attached hydrogen (secondary N) is 1. The van der Waals surface area contributed by atoms with Crippen LogP contribution in [0.1, 0.15) is 34.8 Å². The highest BCUT2D eigenvalue weighted by Crippen LogP contribution is 2.27. The van der Waals surface area contributed by atoms with Gasteiger partial charge in [0.25, 0.3) is 0 Å². The Morgan fingerprint density at radius 2 is 2.04 bits per heavy atom. The largest absolute Gasteiger partial charge is 0.310 e. The summed E-state index contributed by atoms with van der Waals surface area (Å²) in [4.78, 5) is 14.5. The molecule has 7 nitrogen and oxygen atoms in total. The lowest BCUT2D eigenvalue weighted by molar-refractivity contribution is -0.117. The Kier molecular flexibility index (Phi) is 5.90. The maximum Gasteiger partial charge on any atom is 0.239 e. The molecule has 1 atom stereocenters. The van der Waals surface area contributed by atoms with E-state index in [1.807, 2.05) is 18.9 Å². The minimum absolute atomic E-state index is 0.0730. The lowest BCUT2D eigenvalue weighted by Crippen LogP contribution is -2.31. The van der Waals surface area contributed by atoms with E-state index in [-0.39, 0.29) is 30.0 Å². The van der Waals surface area contributed by atoms with Gasteiger partial charge in [0.15, 0.2) is 9.84 Å². The summed E-state index contributed by atoms with van der Waals surface area (Å²) in [6.45, 7) is 6.89. The number of carbonyl (C=O) groups excluding carboxylic acids is 1. The van der Waals surface area contributed by atoms with Gasteiger partial charge in [-0.2, -0.15) is 5.10 Å². The van der Waals surface area contributed by atoms with Crippen molar-refractivity contribution in [1.29, 1.82) is 0 Å². The van der Waals surface area contributed by atoms with Crippen molar-refractivity contribution in [2.24, 2.45) is 0 Å². The Bertz CT molecular complexity index is 981. The van der Waals surface area contributed by atoms with Crippen LogP contribution in [0.2, 0.25) is 0 Å². The predicted octanol–water partition coefficient (Wildman–Crippen LogP) is 2.24. The average molecular weight is 405 g/mol. The number of aromatic nitrogens is 2. The van der Waals surface area contributed by atoms with Gasteiger partial charge in [-0.25, -0.2) is 13.1 Å². The van der Waals surface area contributed by atoms with E-state index in [4.69, 9.17) is 0 Å². The number of sulfone groups is 1. The first-order chi connectivity index (χ1) is 13.1. The SMILES string of the molecule is Cc1ccc(CN(C)CC(=O)Nc2cc(C)nn2C2CCS(=O)(=O)C2)c(C)c1. The molecule has 0 bridgehead atoms. The highest BCUT2D eigenvalue weighted by Gasteiger charge is 2.31. The van der Waals surface area contributed by atoms with E-state index in [1.165, 1.54) is 16.7 Å². The second-order valence-corrected chi connectivity index (χ2v) is 10.1. The first kappa shape index (κ1) is 20.5. The van der Waals surface area contributed by atoms with Gasteiger partial charge in [-0.1, -0.05) is 23.8 Å². The lowest BCUT2D eigenvalue weighted by atomic mass is 10.1. The Balaban J connectivity index is 1.63. The molecule has 0 radical (unpaired) electrons. The topological polar surface area (TPSA) is 84.3 Å². The molecule has 0 spiro atoms. The molecule has 0 saturated carbocycles. The Hall–Kier alpha value is -2.19. The molecule has 2 heterocycles. The Morgan fingerprint density at radius 1 is 1.29 bits per heavy atom. The van der Waals surface area contributed by atoms with Crippen LogP contribution in [0.4, 0.5) is 5.82 Å². The highest BCUT2D eigenvalue weighted by molar-refractivity contribution is 7.91. The second kappa shape index (κ2) is 8.05. The average Bonchev–Trinajstić information content (AvgIpc) is 3.11. The van der Waals surface area contributed by atoms with Crippen molar-refractivity contribution in [2.45, 2.75) is 39.8 Å². The van der Waals surface area contributed by atoms with Gasteiger partial charge in [0.05, 0.1) is 29.8 Å². The number of hydrogen-bond acceptors (Lipinski definition) is 5. The predicted molar refractivity (Wildman–Crippen MR) is 110 cm³/mol. The number of hydrogen-bond donors (Lipinski definition) is 1. The summed E-state index contributed by atoms with van der Waals surface area (Å²) in [5.41, 5.74) is 4.38. The van der Waals surface area contributed by atoms with Crippen LogP contribution in [0.5, 0.6) is 0 Å². The van der Waals surface area contributed by atoms with Crippen LogP contribution < -0.4 is 5.32 Å². The third-order valence-corrected chi connectivity index (χ3v) is 6.78. The molecule has 1 aromatic carbocycles. The van der Waals surface area contributed by atoms with Crippen molar-refractivity contribution in [3.8, 4) is 0 Å². The van der Waals surface area contributed by atoms with Crippen LogP contribution in [-0.2, 0) is 21.2 Å². The number of amides is 1. The van der Waals surface area contributed by atoms with E-state index < -0.39 is 9.84 Å². The molecule has 1 unspecified atom stereocenters. The van der Waals surface area contributed by atoms with Crippen LogP contribution in [-0.4, -0.2) is 54.1 Å². The Morgan fingerprint density at radius 3 is 2.68 bits per heavy atom. The van der Waals surface area contributed by atoms with E-state index in [0.29, 0.717) is 18.8 Å². The Labute approximate surface area is 166 Å². The molecule has 1 N–H and O–H groups in total. The summed E-state index contributed by atoms with van der Waals surface area (Å²) in [5, 5.41) is 7.30. The molecule has 152 valence electrons. The summed E-state index contributed by atoms with van der Waals surface area (Å²) < 4.78 is 25.2. The smallest absolute Gasteiger partial charge is 0.239 e. The number of carbonyl (C=O) groups is 1. The standard InChI is InChI=1S/C20H28N4O3S/c1-14-5-6-17(15(2)9-14)11-23(4)12-20(25)21-19-10-16(3)22-24(19)18-7-8-28(26,27)13-18/h5-6,9-10,18H,7-8,11-13H2,1-4H3,(H,21,25). The van der Waals surface area contributed by atoms with Gasteiger partial charge in [-0.15, -0.1) is 0 Å². The molecule has 2 aromatic rings. The number of nitrogens with zero attached hydrogens (tertiary/aromatic N) is 3. The molecule has 1 amide bonds. The summed E-state index contributed by atoms with van der Waals surface area (Å²) in [6, 6.07) is 7.88. The van der Waals surface area contributed by atoms with Crippen molar-refractivity contribution in [2.75, 3.05) is 30.4 Å². The van der Waals surface area contributed by atoms with Crippen LogP contribution in [0, 0.1) is 20.8 Å². The summed E-state index contributed by atoms with van der Waals surface area (Å²) in [5.74, 6) is 0.658. The highest BCUT2D eigenvalue weighted by atomic mass is 32.2. The maximum absolute atomic E-state index is 12.5. The normalized spacial score (nSPS) is 18.5. The number of benzene rings is 1. The van der Waals surface area contributed by atoms with Crippen molar-refractivity contribution >= 4 is 21.6 Å². The van der Waals surface area contributed by atoms with E-state index in [9.17, 15) is 13.2 Å². The molecule has 1 fully saturated rings. The van der Waals surface area contributed by atoms with Gasteiger partial charge < -0.3 is 5.32 Å². The van der Waals surface area contributed by atoms with E-state index in [1.54, 1.807) is 10.7 Å². The van der Waals surface area contributed by atoms with E-state index in [0.717, 1.165) is 5.69 Å². The van der Waals surface area contributed by atoms with Crippen molar-refractivity contribution in [1.82, 2.24) is 14.7 Å². The summed E-state index contributed by atoms with van der Waals surface area (Å²) in [7, 11) is -1.11. The molecule has 3 rings (SSSR count). The van der Waals surface area contributed by atoms with Crippen LogP contribution in [0.3, 0.4) is 0 Å². The molecule has 1 aliphatic heterocycles. The zero-order valence-electron chi connectivity index (χ0n) is 16.9. The molecule has 28 heavy (non-hydrogen) atoms. The summed E-state index contributed by atoms with van der Waals surface area (Å²) in [6.07, 6.45) is 0.527. The van der Waals surface area contributed by atoms with Crippen molar-refractivity contribution in [3.05, 3.63) is 46.6 Å². The zero-order chi connectivity index (χ0) is 20.5. The number of anilines is 1. The van der Waals surface area contributed by atoms with Gasteiger partial charge in [0.2, 0.25) is 5.91 Å². The van der Waals surface area contributed by atoms with Gasteiger partial charge >= 0.3 is 0 Å². The fraction of sp³-hybridized carbons (Fsp3) is 0.500. The van der Waals surface area contributed by atoms with Crippen LogP contribution in [0.15, 0.2) is 24.3 Å². The van der Waals surface area contributed by atoms with Crippen molar-refractivity contribution < 1.29 is 13.2 Å². The quantitative estimate of drug-likeness (QED) is 0.798. The van der Waals surface area contributed by atoms with Gasteiger partial charge in [0.1, 0.15) is 5.82 Å². The zero-order valence-corrected chi connectivity index (χ0v) is 17.7. The molecule has 1 saturated heterocycles. The van der Waals surface area contributed by atoms with Gasteiger partial charge in [-0.3, -0.25) is 9.69 Å². The molecular weight excluding hydrogens is 376 g/mol. The number of likely N-dealkylation sites (N-methyl/N-ethyl adjacent to an activating group) is 1. The fourth-order valence-corrected chi connectivity index (χ4v) is 5.35. The fourth-order valence-electron chi connectivity index (χ4n) is 3.65. The molecule has 0 aliphatic carbocycles. The summed E-state index contributed by atoms with van der Waals surface area (Å²) >= 11 is 0. The third kappa shape index (κ3) is 4.99. The maximum atomic E-state index is 12.5. The van der Waals surface area contributed by atoms with E-state index >= 15 is 0 Å². The van der Waals surface area contributed by atoms with E-state index in [2.05, 4.69) is 42.5 Å². The first-order valence-electron chi connectivity index (χ1n) is 9.44. The van der Waals surface area contributed by atoms with Gasteiger partial charge in [0, 0.05) is 12.6 Å². The molecule has 1 aromatic heterocycles. The molecule has 8 heteroatoms. The molecule has 1 aliphatic rings. The van der Waals surface area contributed by atoms with Crippen molar-refractivity contribution in [3.63, 3.8) is 0 Å². The monoisotopic (exact) mass is 404 g/mol. The minimum atomic E-state index is -3.02. The van der Waals surface area contributed by atoms with Crippen LogP contribution >= 0.6 is 0 Å². The number of aryl methyl sites for hydroxylation is 3. The lowest BCUT2D eigenvalue weighted by Gasteiger charge is -2.19. The second-order valence-electron chi connectivity index (χ2n) is 7.82. The van der Waals surface area contributed by atoms with Gasteiger partial charge in [-0.05, 0) is 45.4 Å². The first-order valence-corrected chi connectivity index (χ1v) is 11.3. The minimum Gasteiger partial charge on any atom is -0.310 e. The van der Waals surface area contributed by atoms with Crippen LogP contribution in [0.25, 0.3) is 0 Å².